The second-order valence-corrected chi connectivity index (χ2v) is 13.3. The third kappa shape index (κ3) is 4.31. The molecule has 1 saturated carbocycles. The molecule has 4 rings (SSSR count). The second kappa shape index (κ2) is 9.44. The topological polar surface area (TPSA) is 142 Å². The zero-order valence-electron chi connectivity index (χ0n) is 20.5. The summed E-state index contributed by atoms with van der Waals surface area (Å²) in [4.78, 5) is 27.9. The van der Waals surface area contributed by atoms with Crippen LogP contribution in [0.25, 0.3) is 0 Å². The summed E-state index contributed by atoms with van der Waals surface area (Å²) in [5.74, 6) is -0.800. The summed E-state index contributed by atoms with van der Waals surface area (Å²) in [6.07, 6.45) is 1.05. The van der Waals surface area contributed by atoms with Crippen LogP contribution in [0, 0.1) is 0 Å². The number of hydrogen-bond donors (Lipinski definition) is 3. The van der Waals surface area contributed by atoms with Crippen LogP contribution in [0.2, 0.25) is 5.02 Å². The van der Waals surface area contributed by atoms with Crippen molar-refractivity contribution in [2.24, 2.45) is 7.05 Å². The van der Waals surface area contributed by atoms with Gasteiger partial charge in [-0.2, -0.15) is 5.10 Å². The standard InChI is InChI=1S/C24H31ClN4O6S/c1-15(16-4-6-17(25)7-5-16)26-21(32)19-18-8-11-29(22(33)20(18)28(3)27-19)12-24(9-10-24)36(34,35)23(2,13-30)14-31/h4-7,15,30-31H,8-14H2,1-3H3,(H,26,32)/t15-/m0/s1. The molecule has 10 nitrogen and oxygen atoms in total. The maximum atomic E-state index is 13.4. The first kappa shape index (κ1) is 26.6. The summed E-state index contributed by atoms with van der Waals surface area (Å²) >= 11 is 5.94. The van der Waals surface area contributed by atoms with Crippen molar-refractivity contribution < 1.29 is 28.2 Å². The van der Waals surface area contributed by atoms with Crippen molar-refractivity contribution in [2.75, 3.05) is 26.3 Å². The number of aromatic nitrogens is 2. The number of rotatable bonds is 9. The van der Waals surface area contributed by atoms with Crippen molar-refractivity contribution in [1.29, 1.82) is 0 Å². The molecule has 0 unspecified atom stereocenters. The lowest BCUT2D eigenvalue weighted by molar-refractivity contribution is 0.0723. The predicted molar refractivity (Wildman–Crippen MR) is 134 cm³/mol. The lowest BCUT2D eigenvalue weighted by atomic mass is 10.0. The predicted octanol–water partition coefficient (Wildman–Crippen LogP) is 1.25. The monoisotopic (exact) mass is 538 g/mol. The van der Waals surface area contributed by atoms with Crippen LogP contribution in [0.1, 0.15) is 64.8 Å². The van der Waals surface area contributed by atoms with Crippen molar-refractivity contribution in [3.8, 4) is 0 Å². The highest BCUT2D eigenvalue weighted by Crippen LogP contribution is 2.49. The quantitative estimate of drug-likeness (QED) is 0.436. The van der Waals surface area contributed by atoms with Gasteiger partial charge < -0.3 is 20.4 Å². The third-order valence-electron chi connectivity index (χ3n) is 7.37. The number of carbonyl (C=O) groups is 2. The first-order valence-electron chi connectivity index (χ1n) is 11.8. The van der Waals surface area contributed by atoms with Crippen LogP contribution in [0.3, 0.4) is 0 Å². The normalized spacial score (nSPS) is 18.1. The molecule has 2 amide bonds. The van der Waals surface area contributed by atoms with Crippen molar-refractivity contribution in [1.82, 2.24) is 20.0 Å². The number of aliphatic hydroxyl groups excluding tert-OH is 2. The summed E-state index contributed by atoms with van der Waals surface area (Å²) < 4.78 is 25.1. The molecule has 2 aromatic rings. The molecule has 1 aromatic heterocycles. The number of nitrogens with one attached hydrogen (secondary N) is 1. The zero-order valence-corrected chi connectivity index (χ0v) is 22.1. The minimum atomic E-state index is -3.94. The molecular formula is C24H31ClN4O6S. The van der Waals surface area contributed by atoms with Crippen LogP contribution in [-0.2, 0) is 23.3 Å². The average molecular weight is 539 g/mol. The van der Waals surface area contributed by atoms with Crippen LogP contribution in [0.4, 0.5) is 0 Å². The number of hydrogen-bond acceptors (Lipinski definition) is 7. The SMILES string of the molecule is C[C@H](NC(=O)c1nn(C)c2c1CCN(CC1(S(=O)(=O)C(C)(CO)CO)CC1)C2=O)c1ccc(Cl)cc1. The minimum Gasteiger partial charge on any atom is -0.395 e. The van der Waals surface area contributed by atoms with Crippen LogP contribution in [-0.4, -0.2) is 80.9 Å². The summed E-state index contributed by atoms with van der Waals surface area (Å²) in [6, 6.07) is 6.82. The van der Waals surface area contributed by atoms with Gasteiger partial charge in [0.25, 0.3) is 11.8 Å². The fraction of sp³-hybridized carbons (Fsp3) is 0.542. The molecule has 1 aliphatic carbocycles. The van der Waals surface area contributed by atoms with E-state index in [0.717, 1.165) is 5.56 Å². The molecule has 1 fully saturated rings. The lowest BCUT2D eigenvalue weighted by Gasteiger charge is -2.35. The molecule has 196 valence electrons. The first-order valence-corrected chi connectivity index (χ1v) is 13.6. The first-order chi connectivity index (χ1) is 16.9. The largest absolute Gasteiger partial charge is 0.395 e. The molecule has 36 heavy (non-hydrogen) atoms. The maximum absolute atomic E-state index is 13.4. The number of amides is 2. The smallest absolute Gasteiger partial charge is 0.272 e. The highest BCUT2D eigenvalue weighted by Gasteiger charge is 2.62. The molecule has 0 radical (unpaired) electrons. The molecule has 0 saturated heterocycles. The molecule has 12 heteroatoms. The van der Waals surface area contributed by atoms with Crippen LogP contribution < -0.4 is 5.32 Å². The number of halogens is 1. The van der Waals surface area contributed by atoms with E-state index in [4.69, 9.17) is 11.6 Å². The van der Waals surface area contributed by atoms with Gasteiger partial charge in [0.05, 0.1) is 24.0 Å². The highest BCUT2D eigenvalue weighted by atomic mass is 35.5. The van der Waals surface area contributed by atoms with E-state index in [2.05, 4.69) is 10.4 Å². The van der Waals surface area contributed by atoms with Gasteiger partial charge in [-0.25, -0.2) is 8.42 Å². The van der Waals surface area contributed by atoms with E-state index in [1.807, 2.05) is 19.1 Å². The van der Waals surface area contributed by atoms with Gasteiger partial charge >= 0.3 is 0 Å². The number of sulfone groups is 1. The minimum absolute atomic E-state index is 0.0382. The summed E-state index contributed by atoms with van der Waals surface area (Å²) in [7, 11) is -2.36. The Morgan fingerprint density at radius 1 is 1.25 bits per heavy atom. The van der Waals surface area contributed by atoms with Gasteiger partial charge in [0.15, 0.2) is 15.5 Å². The number of aliphatic hydroxyl groups is 2. The van der Waals surface area contributed by atoms with Gasteiger partial charge in [-0.3, -0.25) is 14.3 Å². The van der Waals surface area contributed by atoms with Gasteiger partial charge in [-0.1, -0.05) is 23.7 Å². The highest BCUT2D eigenvalue weighted by molar-refractivity contribution is 7.94. The zero-order chi connectivity index (χ0) is 26.5. The van der Waals surface area contributed by atoms with Crippen molar-refractivity contribution >= 4 is 33.3 Å². The van der Waals surface area contributed by atoms with Crippen molar-refractivity contribution in [3.63, 3.8) is 0 Å². The van der Waals surface area contributed by atoms with Gasteiger partial charge in [0.2, 0.25) is 0 Å². The van der Waals surface area contributed by atoms with Crippen LogP contribution in [0.5, 0.6) is 0 Å². The van der Waals surface area contributed by atoms with Gasteiger partial charge in [-0.05, 0) is 50.8 Å². The summed E-state index contributed by atoms with van der Waals surface area (Å²) in [5.41, 5.74) is 1.82. The Labute approximate surface area is 215 Å². The number of nitrogens with zero attached hydrogens (tertiary/aromatic N) is 3. The number of aryl methyl sites for hydroxylation is 1. The molecular weight excluding hydrogens is 508 g/mol. The fourth-order valence-corrected chi connectivity index (χ4v) is 7.22. The molecule has 2 heterocycles. The Balaban J connectivity index is 1.53. The molecule has 0 bridgehead atoms. The van der Waals surface area contributed by atoms with Gasteiger partial charge in [0.1, 0.15) is 10.4 Å². The van der Waals surface area contributed by atoms with Crippen molar-refractivity contribution in [2.45, 2.75) is 48.6 Å². The summed E-state index contributed by atoms with van der Waals surface area (Å²) in [6.45, 7) is 1.93. The van der Waals surface area contributed by atoms with E-state index in [-0.39, 0.29) is 30.5 Å². The Morgan fingerprint density at radius 3 is 2.42 bits per heavy atom. The van der Waals surface area contributed by atoms with Gasteiger partial charge in [-0.15, -0.1) is 0 Å². The Kier molecular flexibility index (Phi) is 6.97. The molecule has 0 spiro atoms. The fourth-order valence-electron chi connectivity index (χ4n) is 4.75. The maximum Gasteiger partial charge on any atom is 0.272 e. The summed E-state index contributed by atoms with van der Waals surface area (Å²) in [5, 5.41) is 27.1. The Hall–Kier alpha value is -2.47. The lowest BCUT2D eigenvalue weighted by Crippen LogP contribution is -2.54. The Morgan fingerprint density at radius 2 is 1.86 bits per heavy atom. The van der Waals surface area contributed by atoms with Gasteiger partial charge in [0, 0.05) is 30.7 Å². The van der Waals surface area contributed by atoms with Crippen molar-refractivity contribution in [3.05, 3.63) is 51.8 Å². The van der Waals surface area contributed by atoms with E-state index in [1.54, 1.807) is 19.2 Å². The van der Waals surface area contributed by atoms with E-state index >= 15 is 0 Å². The molecule has 1 aromatic carbocycles. The molecule has 3 N–H and O–H groups in total. The van der Waals surface area contributed by atoms with E-state index in [0.29, 0.717) is 29.8 Å². The number of fused-ring (bicyclic) bond motifs is 1. The molecule has 1 aliphatic heterocycles. The molecule has 1 atom stereocenters. The van der Waals surface area contributed by atoms with E-state index in [9.17, 15) is 28.2 Å². The van der Waals surface area contributed by atoms with E-state index in [1.165, 1.54) is 16.5 Å². The van der Waals surface area contributed by atoms with Crippen LogP contribution >= 0.6 is 11.6 Å². The third-order valence-corrected chi connectivity index (χ3v) is 10.9. The second-order valence-electron chi connectivity index (χ2n) is 9.98. The van der Waals surface area contributed by atoms with E-state index < -0.39 is 44.4 Å². The number of benzene rings is 1. The molecule has 2 aliphatic rings. The number of carbonyl (C=O) groups excluding carboxylic acids is 2. The average Bonchev–Trinajstić information content (AvgIpc) is 3.56. The van der Waals surface area contributed by atoms with Crippen LogP contribution in [0.15, 0.2) is 24.3 Å². The Bertz CT molecular complexity index is 1280.